The summed E-state index contributed by atoms with van der Waals surface area (Å²) in [6.07, 6.45) is 0.768. The summed E-state index contributed by atoms with van der Waals surface area (Å²) in [7, 11) is 0.417. The Balaban J connectivity index is 2.24. The van der Waals surface area contributed by atoms with Crippen LogP contribution in [0, 0.1) is 0 Å². The lowest BCUT2D eigenvalue weighted by atomic mass is 10.1. The van der Waals surface area contributed by atoms with E-state index in [0.29, 0.717) is 22.5 Å². The maximum atomic E-state index is 12.4. The molecule has 6 heteroatoms. The molecule has 0 saturated heterocycles. The Kier molecular flexibility index (Phi) is 4.82. The van der Waals surface area contributed by atoms with Gasteiger partial charge in [0.15, 0.2) is 0 Å². The molecular formula is C15H21N3O2S. The summed E-state index contributed by atoms with van der Waals surface area (Å²) in [4.78, 5) is 2.32. The van der Waals surface area contributed by atoms with Gasteiger partial charge in [0.2, 0.25) is 10.0 Å². The molecule has 0 aliphatic rings. The number of fused-ring (bicyclic) bond motifs is 1. The highest BCUT2D eigenvalue weighted by Gasteiger charge is 2.16. The van der Waals surface area contributed by atoms with Crippen molar-refractivity contribution in [2.75, 3.05) is 32.9 Å². The molecule has 3 N–H and O–H groups in total. The molecule has 0 spiro atoms. The van der Waals surface area contributed by atoms with Gasteiger partial charge in [-0.25, -0.2) is 13.1 Å². The zero-order valence-corrected chi connectivity index (χ0v) is 13.2. The van der Waals surface area contributed by atoms with Crippen LogP contribution < -0.4 is 10.5 Å². The largest absolute Gasteiger partial charge is 0.399 e. The number of rotatable bonds is 6. The van der Waals surface area contributed by atoms with E-state index in [1.54, 1.807) is 30.3 Å². The fraction of sp³-hybridized carbons (Fsp3) is 0.333. The number of nitrogen functional groups attached to an aromatic ring is 1. The van der Waals surface area contributed by atoms with E-state index in [1.165, 1.54) is 0 Å². The van der Waals surface area contributed by atoms with Crippen molar-refractivity contribution in [3.63, 3.8) is 0 Å². The molecule has 0 aliphatic heterocycles. The van der Waals surface area contributed by atoms with Gasteiger partial charge in [0, 0.05) is 17.6 Å². The van der Waals surface area contributed by atoms with E-state index in [1.807, 2.05) is 25.1 Å². The van der Waals surface area contributed by atoms with Crippen molar-refractivity contribution >= 4 is 26.5 Å². The van der Waals surface area contributed by atoms with E-state index in [2.05, 4.69) is 4.72 Å². The molecule has 0 unspecified atom stereocenters. The minimum absolute atomic E-state index is 0.296. The molecule has 2 aromatic rings. The average Bonchev–Trinajstić information content (AvgIpc) is 2.42. The first-order valence-corrected chi connectivity index (χ1v) is 8.31. The van der Waals surface area contributed by atoms with Gasteiger partial charge in [-0.05, 0) is 50.6 Å². The highest BCUT2D eigenvalue weighted by atomic mass is 32.2. The predicted molar refractivity (Wildman–Crippen MR) is 86.7 cm³/mol. The van der Waals surface area contributed by atoms with Crippen LogP contribution in [0.4, 0.5) is 5.69 Å². The Morgan fingerprint density at radius 1 is 1.19 bits per heavy atom. The SMILES string of the molecule is CN(C)CCCNS(=O)(=O)c1cccc2cc(N)ccc12. The van der Waals surface area contributed by atoms with Gasteiger partial charge in [0.1, 0.15) is 0 Å². The summed E-state index contributed by atoms with van der Waals surface area (Å²) in [6.45, 7) is 1.26. The van der Waals surface area contributed by atoms with Crippen molar-refractivity contribution in [3.8, 4) is 0 Å². The standard InChI is InChI=1S/C15H21N3O2S/c1-18(2)10-4-9-17-21(19,20)15-6-3-5-12-11-13(16)7-8-14(12)15/h3,5-8,11,17H,4,9-10,16H2,1-2H3. The van der Waals surface area contributed by atoms with Crippen LogP contribution in [0.25, 0.3) is 10.8 Å². The van der Waals surface area contributed by atoms with Crippen molar-refractivity contribution in [1.29, 1.82) is 0 Å². The molecule has 0 bridgehead atoms. The summed E-state index contributed by atoms with van der Waals surface area (Å²) >= 11 is 0. The Morgan fingerprint density at radius 3 is 2.67 bits per heavy atom. The van der Waals surface area contributed by atoms with E-state index in [9.17, 15) is 8.42 Å². The predicted octanol–water partition coefficient (Wildman–Crippen LogP) is 1.65. The molecule has 0 atom stereocenters. The van der Waals surface area contributed by atoms with Gasteiger partial charge in [0.05, 0.1) is 4.90 Å². The molecule has 0 heterocycles. The van der Waals surface area contributed by atoms with Gasteiger partial charge in [-0.15, -0.1) is 0 Å². The van der Waals surface area contributed by atoms with Crippen molar-refractivity contribution in [1.82, 2.24) is 9.62 Å². The second-order valence-corrected chi connectivity index (χ2v) is 7.03. The normalized spacial score (nSPS) is 12.1. The number of hydrogen-bond donors (Lipinski definition) is 2. The van der Waals surface area contributed by atoms with Crippen molar-refractivity contribution in [3.05, 3.63) is 36.4 Å². The molecule has 0 aliphatic carbocycles. The molecule has 0 radical (unpaired) electrons. The topological polar surface area (TPSA) is 75.4 Å². The number of nitrogens with zero attached hydrogens (tertiary/aromatic N) is 1. The highest BCUT2D eigenvalue weighted by Crippen LogP contribution is 2.24. The highest BCUT2D eigenvalue weighted by molar-refractivity contribution is 7.89. The van der Waals surface area contributed by atoms with Crippen LogP contribution in [0.2, 0.25) is 0 Å². The zero-order valence-electron chi connectivity index (χ0n) is 12.3. The van der Waals surface area contributed by atoms with Crippen LogP contribution in [-0.2, 0) is 10.0 Å². The van der Waals surface area contributed by atoms with Gasteiger partial charge in [-0.1, -0.05) is 18.2 Å². The molecule has 0 amide bonds. The average molecular weight is 307 g/mol. The van der Waals surface area contributed by atoms with Crippen molar-refractivity contribution in [2.45, 2.75) is 11.3 Å². The third-order valence-corrected chi connectivity index (χ3v) is 4.75. The minimum atomic E-state index is -3.51. The first-order chi connectivity index (χ1) is 9.90. The summed E-state index contributed by atoms with van der Waals surface area (Å²) < 4.78 is 27.5. The smallest absolute Gasteiger partial charge is 0.241 e. The van der Waals surface area contributed by atoms with Crippen LogP contribution in [0.3, 0.4) is 0 Å². The van der Waals surface area contributed by atoms with E-state index in [-0.39, 0.29) is 0 Å². The lowest BCUT2D eigenvalue weighted by Crippen LogP contribution is -2.27. The fourth-order valence-electron chi connectivity index (χ4n) is 2.19. The molecule has 0 aromatic heterocycles. The molecule has 21 heavy (non-hydrogen) atoms. The number of nitrogens with one attached hydrogen (secondary N) is 1. The second kappa shape index (κ2) is 6.43. The molecule has 2 rings (SSSR count). The van der Waals surface area contributed by atoms with Gasteiger partial charge in [-0.2, -0.15) is 0 Å². The van der Waals surface area contributed by atoms with Gasteiger partial charge >= 0.3 is 0 Å². The summed E-state index contributed by atoms with van der Waals surface area (Å²) in [6, 6.07) is 10.5. The van der Waals surface area contributed by atoms with Crippen LogP contribution in [0.15, 0.2) is 41.3 Å². The molecule has 5 nitrogen and oxygen atoms in total. The number of sulfonamides is 1. The first kappa shape index (κ1) is 15.8. The van der Waals surface area contributed by atoms with Crippen LogP contribution >= 0.6 is 0 Å². The van der Waals surface area contributed by atoms with Gasteiger partial charge in [-0.3, -0.25) is 0 Å². The van der Waals surface area contributed by atoms with E-state index >= 15 is 0 Å². The Bertz CT molecular complexity index is 727. The monoisotopic (exact) mass is 307 g/mol. The number of nitrogens with two attached hydrogens (primary N) is 1. The lowest BCUT2D eigenvalue weighted by Gasteiger charge is -2.12. The Labute approximate surface area is 125 Å². The molecule has 2 aromatic carbocycles. The van der Waals surface area contributed by atoms with Crippen molar-refractivity contribution < 1.29 is 8.42 Å². The van der Waals surface area contributed by atoms with Gasteiger partial charge < -0.3 is 10.6 Å². The van der Waals surface area contributed by atoms with E-state index in [0.717, 1.165) is 18.4 Å². The first-order valence-electron chi connectivity index (χ1n) is 6.83. The summed E-state index contributed by atoms with van der Waals surface area (Å²) in [5.74, 6) is 0. The quantitative estimate of drug-likeness (QED) is 0.628. The molecule has 0 saturated carbocycles. The Morgan fingerprint density at radius 2 is 1.95 bits per heavy atom. The number of hydrogen-bond acceptors (Lipinski definition) is 4. The third-order valence-electron chi connectivity index (χ3n) is 3.23. The summed E-state index contributed by atoms with van der Waals surface area (Å²) in [5.41, 5.74) is 6.36. The lowest BCUT2D eigenvalue weighted by molar-refractivity contribution is 0.400. The van der Waals surface area contributed by atoms with E-state index in [4.69, 9.17) is 5.73 Å². The number of anilines is 1. The van der Waals surface area contributed by atoms with E-state index < -0.39 is 10.0 Å². The van der Waals surface area contributed by atoms with Crippen LogP contribution in [0.5, 0.6) is 0 Å². The minimum Gasteiger partial charge on any atom is -0.399 e. The second-order valence-electron chi connectivity index (χ2n) is 5.29. The maximum absolute atomic E-state index is 12.4. The maximum Gasteiger partial charge on any atom is 0.241 e. The number of benzene rings is 2. The molecular weight excluding hydrogens is 286 g/mol. The van der Waals surface area contributed by atoms with Crippen LogP contribution in [-0.4, -0.2) is 40.5 Å². The Hall–Kier alpha value is -1.63. The fourth-order valence-corrected chi connectivity index (χ4v) is 3.49. The van der Waals surface area contributed by atoms with Crippen LogP contribution in [0.1, 0.15) is 6.42 Å². The van der Waals surface area contributed by atoms with Gasteiger partial charge in [0.25, 0.3) is 0 Å². The zero-order chi connectivity index (χ0) is 15.5. The third kappa shape index (κ3) is 3.93. The van der Waals surface area contributed by atoms with Crippen molar-refractivity contribution in [2.24, 2.45) is 0 Å². The molecule has 114 valence electrons. The summed E-state index contributed by atoms with van der Waals surface area (Å²) in [5, 5.41) is 1.51. The molecule has 0 fully saturated rings.